The lowest BCUT2D eigenvalue weighted by atomic mass is 9.67. The molecular formula is C54H30N6S. The first-order chi connectivity index (χ1) is 30.2. The Morgan fingerprint density at radius 3 is 1.61 bits per heavy atom. The summed E-state index contributed by atoms with van der Waals surface area (Å²) in [4.78, 5) is 17.2. The van der Waals surface area contributed by atoms with E-state index < -0.39 is 5.41 Å². The number of benzene rings is 8. The molecule has 0 atom stereocenters. The van der Waals surface area contributed by atoms with Crippen LogP contribution in [-0.4, -0.2) is 19.5 Å². The number of rotatable bonds is 4. The molecule has 0 N–H and O–H groups in total. The fourth-order valence-corrected chi connectivity index (χ4v) is 11.0. The van der Waals surface area contributed by atoms with Gasteiger partial charge < -0.3 is 4.57 Å². The minimum absolute atomic E-state index is 0.264. The van der Waals surface area contributed by atoms with Crippen LogP contribution in [0.5, 0.6) is 0 Å². The predicted octanol–water partition coefficient (Wildman–Crippen LogP) is 12.5. The highest BCUT2D eigenvalue weighted by Crippen LogP contribution is 2.63. The van der Waals surface area contributed by atoms with Crippen molar-refractivity contribution in [1.29, 1.82) is 10.5 Å². The highest BCUT2D eigenvalue weighted by Gasteiger charge is 2.50. The average Bonchev–Trinajstić information content (AvgIpc) is 3.82. The van der Waals surface area contributed by atoms with Crippen LogP contribution >= 0.6 is 11.8 Å². The molecule has 7 heteroatoms. The molecule has 1 aliphatic carbocycles. The van der Waals surface area contributed by atoms with Crippen LogP contribution in [0, 0.1) is 22.7 Å². The largest absolute Gasteiger partial charge is 0.309 e. The summed E-state index contributed by atoms with van der Waals surface area (Å²) in [5.74, 6) is 1.18. The highest BCUT2D eigenvalue weighted by molar-refractivity contribution is 7.99. The summed E-state index contributed by atoms with van der Waals surface area (Å²) in [7, 11) is 0. The van der Waals surface area contributed by atoms with Gasteiger partial charge in [-0.05, 0) is 69.8 Å². The second kappa shape index (κ2) is 13.5. The number of aromatic nitrogens is 4. The number of nitrogens with zero attached hydrogens (tertiary/aromatic N) is 6. The van der Waals surface area contributed by atoms with Crippen LogP contribution in [0.3, 0.4) is 0 Å². The summed E-state index contributed by atoms with van der Waals surface area (Å²) in [5.41, 5.74) is 12.2. The van der Waals surface area contributed by atoms with Crippen molar-refractivity contribution in [2.75, 3.05) is 0 Å². The highest BCUT2D eigenvalue weighted by atomic mass is 32.2. The van der Waals surface area contributed by atoms with E-state index >= 15 is 0 Å². The zero-order valence-corrected chi connectivity index (χ0v) is 33.2. The van der Waals surface area contributed by atoms with E-state index in [1.165, 1.54) is 43.2 Å². The van der Waals surface area contributed by atoms with E-state index in [-0.39, 0.29) is 5.82 Å². The Morgan fingerprint density at radius 1 is 0.459 bits per heavy atom. The van der Waals surface area contributed by atoms with Gasteiger partial charge in [-0.1, -0.05) is 157 Å². The lowest BCUT2D eigenvalue weighted by Gasteiger charge is -2.39. The van der Waals surface area contributed by atoms with Gasteiger partial charge >= 0.3 is 0 Å². The molecule has 2 aromatic heterocycles. The van der Waals surface area contributed by atoms with E-state index in [2.05, 4.69) is 120 Å². The Labute approximate surface area is 355 Å². The maximum Gasteiger partial charge on any atom is 0.166 e. The lowest BCUT2D eigenvalue weighted by molar-refractivity contribution is 0.723. The van der Waals surface area contributed by atoms with Gasteiger partial charge in [0.15, 0.2) is 17.5 Å². The molecule has 61 heavy (non-hydrogen) atoms. The normalized spacial score (nSPS) is 13.0. The molecule has 1 aliphatic heterocycles. The summed E-state index contributed by atoms with van der Waals surface area (Å²) in [6.45, 7) is 0. The third kappa shape index (κ3) is 4.99. The fourth-order valence-electron chi connectivity index (χ4n) is 9.77. The van der Waals surface area contributed by atoms with Crippen LogP contribution in [-0.2, 0) is 5.41 Å². The molecule has 0 saturated heterocycles. The smallest absolute Gasteiger partial charge is 0.166 e. The van der Waals surface area contributed by atoms with E-state index in [1.54, 1.807) is 0 Å². The van der Waals surface area contributed by atoms with Crippen LogP contribution in [0.25, 0.3) is 72.8 Å². The molecule has 8 aromatic carbocycles. The van der Waals surface area contributed by atoms with E-state index in [1.807, 2.05) is 90.6 Å². The van der Waals surface area contributed by atoms with Crippen molar-refractivity contribution in [2.24, 2.45) is 0 Å². The first-order valence-electron chi connectivity index (χ1n) is 20.1. The molecule has 6 nitrogen and oxygen atoms in total. The van der Waals surface area contributed by atoms with Crippen molar-refractivity contribution in [3.05, 3.63) is 215 Å². The van der Waals surface area contributed by atoms with Gasteiger partial charge in [0.2, 0.25) is 0 Å². The van der Waals surface area contributed by atoms with Crippen molar-refractivity contribution in [3.8, 4) is 63.1 Å². The van der Waals surface area contributed by atoms with Crippen LogP contribution in [0.4, 0.5) is 0 Å². The number of nitriles is 2. The summed E-state index contributed by atoms with van der Waals surface area (Å²) in [6.07, 6.45) is 0. The standard InChI is InChI=1S/C54H30N6S/c55-31-35-29-37(30-36(32-56)48(35)53-58-51(33-15-3-1-4-16-33)57-52(59-53)34-17-5-2-6-18-34)60-44-24-12-8-20-39(44)50-45(60)28-27-43-49(50)38-19-7-9-21-40(38)54(43)41-22-10-13-25-46(41)61-47-26-14-11-23-42(47)54/h1-30H. The van der Waals surface area contributed by atoms with Crippen LogP contribution in [0.15, 0.2) is 192 Å². The number of hydrogen-bond donors (Lipinski definition) is 0. The second-order valence-corrected chi connectivity index (χ2v) is 16.4. The van der Waals surface area contributed by atoms with Crippen LogP contribution in [0.1, 0.15) is 33.4 Å². The van der Waals surface area contributed by atoms with Crippen molar-refractivity contribution < 1.29 is 0 Å². The number of para-hydroxylation sites is 1. The zero-order valence-electron chi connectivity index (χ0n) is 32.4. The molecule has 0 bridgehead atoms. The average molecular weight is 795 g/mol. The van der Waals surface area contributed by atoms with Gasteiger partial charge in [-0.25, -0.2) is 15.0 Å². The van der Waals surface area contributed by atoms with Crippen molar-refractivity contribution >= 4 is 33.6 Å². The van der Waals surface area contributed by atoms with Crippen molar-refractivity contribution in [3.63, 3.8) is 0 Å². The lowest BCUT2D eigenvalue weighted by Crippen LogP contribution is -2.31. The van der Waals surface area contributed by atoms with Crippen molar-refractivity contribution in [2.45, 2.75) is 15.2 Å². The molecule has 2 aliphatic rings. The summed E-state index contributed by atoms with van der Waals surface area (Å²) >= 11 is 1.84. The summed E-state index contributed by atoms with van der Waals surface area (Å²) in [6, 6.07) is 67.5. The van der Waals surface area contributed by atoms with Gasteiger partial charge in [-0.3, -0.25) is 0 Å². The molecule has 3 heterocycles. The van der Waals surface area contributed by atoms with Crippen LogP contribution in [0.2, 0.25) is 0 Å². The Morgan fingerprint density at radius 2 is 0.984 bits per heavy atom. The minimum Gasteiger partial charge on any atom is -0.309 e. The van der Waals surface area contributed by atoms with E-state index in [0.29, 0.717) is 34.0 Å². The fraction of sp³-hybridized carbons (Fsp3) is 0.0185. The van der Waals surface area contributed by atoms with E-state index in [4.69, 9.17) is 15.0 Å². The Kier molecular flexibility index (Phi) is 7.71. The van der Waals surface area contributed by atoms with Gasteiger partial charge in [-0.2, -0.15) is 10.5 Å². The van der Waals surface area contributed by atoms with Gasteiger partial charge in [0.1, 0.15) is 12.1 Å². The van der Waals surface area contributed by atoms with Gasteiger partial charge in [0, 0.05) is 37.4 Å². The van der Waals surface area contributed by atoms with Crippen LogP contribution < -0.4 is 0 Å². The number of hydrogen-bond acceptors (Lipinski definition) is 6. The molecular weight excluding hydrogens is 765 g/mol. The molecule has 282 valence electrons. The van der Waals surface area contributed by atoms with Gasteiger partial charge in [0.25, 0.3) is 0 Å². The Balaban J connectivity index is 1.12. The molecule has 0 fully saturated rings. The third-order valence-corrected chi connectivity index (χ3v) is 13.3. The molecule has 10 aromatic rings. The summed E-state index contributed by atoms with van der Waals surface area (Å²) < 4.78 is 2.20. The molecule has 0 unspecified atom stereocenters. The van der Waals surface area contributed by atoms with Gasteiger partial charge in [-0.15, -0.1) is 0 Å². The Bertz CT molecular complexity index is 3400. The molecule has 0 radical (unpaired) electrons. The first kappa shape index (κ1) is 34.9. The quantitative estimate of drug-likeness (QED) is 0.176. The first-order valence-corrected chi connectivity index (χ1v) is 20.9. The topological polar surface area (TPSA) is 91.2 Å². The second-order valence-electron chi connectivity index (χ2n) is 15.3. The van der Waals surface area contributed by atoms with E-state index in [0.717, 1.165) is 32.9 Å². The summed E-state index contributed by atoms with van der Waals surface area (Å²) in [5, 5.41) is 24.1. The predicted molar refractivity (Wildman–Crippen MR) is 241 cm³/mol. The van der Waals surface area contributed by atoms with Crippen molar-refractivity contribution in [1.82, 2.24) is 19.5 Å². The van der Waals surface area contributed by atoms with E-state index in [9.17, 15) is 10.5 Å². The Hall–Kier alpha value is -8.10. The van der Waals surface area contributed by atoms with Gasteiger partial charge in [0.05, 0.1) is 33.1 Å². The zero-order chi connectivity index (χ0) is 40.7. The molecule has 0 saturated carbocycles. The third-order valence-electron chi connectivity index (χ3n) is 12.2. The maximum absolute atomic E-state index is 10.9. The minimum atomic E-state index is -0.521. The molecule has 12 rings (SSSR count). The monoisotopic (exact) mass is 794 g/mol. The molecule has 1 spiro atoms. The maximum atomic E-state index is 10.9. The SMILES string of the molecule is N#Cc1cc(-n2c3ccccc3c3c4c(ccc32)C2(c3ccccc3Sc3ccccc32)c2ccccc2-4)cc(C#N)c1-c1nc(-c2ccccc2)nc(-c2ccccc2)n1. The number of fused-ring (bicyclic) bond motifs is 13. The molecule has 0 amide bonds.